The second-order valence-electron chi connectivity index (χ2n) is 14.9. The van der Waals surface area contributed by atoms with Crippen LogP contribution in [-0.4, -0.2) is 45.2 Å². The zero-order valence-electron chi connectivity index (χ0n) is 34.2. The van der Waals surface area contributed by atoms with Gasteiger partial charge in [-0.15, -0.1) is 0 Å². The summed E-state index contributed by atoms with van der Waals surface area (Å²) >= 11 is 0. The highest BCUT2D eigenvalue weighted by atomic mass is 16.6. The van der Waals surface area contributed by atoms with E-state index in [0.717, 1.165) is 65.1 Å². The molecule has 0 heterocycles. The van der Waals surface area contributed by atoms with Gasteiger partial charge in [0.2, 0.25) is 0 Å². The van der Waals surface area contributed by atoms with E-state index < -0.39 is 33.0 Å². The molecule has 12 heteroatoms. The zero-order valence-corrected chi connectivity index (χ0v) is 34.2. The lowest BCUT2D eigenvalue weighted by Crippen LogP contribution is -2.13. The molecule has 0 aliphatic heterocycles. The molecule has 6 aromatic carbocycles. The van der Waals surface area contributed by atoms with E-state index >= 15 is 0 Å². The zero-order chi connectivity index (χ0) is 43.8. The minimum atomic E-state index is -1.50. The molecule has 12 nitrogen and oxygen atoms in total. The van der Waals surface area contributed by atoms with E-state index in [4.69, 9.17) is 9.47 Å². The van der Waals surface area contributed by atoms with Gasteiger partial charge in [0.05, 0.1) is 34.2 Å². The maximum Gasteiger partial charge on any atom is 0.336 e. The van der Waals surface area contributed by atoms with Crippen LogP contribution < -0.4 is 9.47 Å². The second-order valence-corrected chi connectivity index (χ2v) is 14.9. The molecule has 0 aromatic heterocycles. The molecule has 0 saturated heterocycles. The highest BCUT2D eigenvalue weighted by molar-refractivity contribution is 6.04. The molecule has 0 saturated carbocycles. The van der Waals surface area contributed by atoms with Crippen molar-refractivity contribution in [1.82, 2.24) is 0 Å². The van der Waals surface area contributed by atoms with E-state index in [0.29, 0.717) is 45.3 Å². The summed E-state index contributed by atoms with van der Waals surface area (Å²) in [7, 11) is 0. The smallest absolute Gasteiger partial charge is 0.336 e. The Balaban J connectivity index is 1.12. The van der Waals surface area contributed by atoms with Crippen LogP contribution in [0.15, 0.2) is 133 Å². The molecule has 318 valence electrons. The Morgan fingerprint density at radius 3 is 1.45 bits per heavy atom. The van der Waals surface area contributed by atoms with Gasteiger partial charge in [-0.1, -0.05) is 111 Å². The van der Waals surface area contributed by atoms with Gasteiger partial charge < -0.3 is 19.7 Å². The van der Waals surface area contributed by atoms with Crippen LogP contribution in [0.1, 0.15) is 83.2 Å². The van der Waals surface area contributed by atoms with Crippen molar-refractivity contribution in [3.63, 3.8) is 0 Å². The Morgan fingerprint density at radius 1 is 0.500 bits per heavy atom. The number of unbranched alkanes of at least 4 members (excludes halogenated alkanes) is 6. The lowest BCUT2D eigenvalue weighted by molar-refractivity contribution is -0.386. The molecule has 0 atom stereocenters. The van der Waals surface area contributed by atoms with Crippen molar-refractivity contribution in [3.05, 3.63) is 176 Å². The number of nitro benzene ring substituents is 2. The van der Waals surface area contributed by atoms with Gasteiger partial charge in [-0.25, -0.2) is 9.59 Å². The number of hydrogen-bond acceptors (Lipinski definition) is 8. The number of carboxylic acid groups (broad SMARTS) is 2. The largest absolute Gasteiger partial charge is 0.494 e. The summed E-state index contributed by atoms with van der Waals surface area (Å²) in [6, 6.07) is 40.3. The molecule has 0 unspecified atom stereocenters. The average molecular weight is 837 g/mol. The molecule has 0 bridgehead atoms. The fourth-order valence-electron chi connectivity index (χ4n) is 7.62. The predicted molar refractivity (Wildman–Crippen MR) is 238 cm³/mol. The number of carbonyl (C=O) groups is 2. The van der Waals surface area contributed by atoms with Crippen molar-refractivity contribution in [1.29, 1.82) is 0 Å². The molecule has 6 rings (SSSR count). The predicted octanol–water partition coefficient (Wildman–Crippen LogP) is 12.3. The summed E-state index contributed by atoms with van der Waals surface area (Å²) in [5.74, 6) is -1.46. The molecule has 0 radical (unpaired) electrons. The number of rotatable bonds is 23. The van der Waals surface area contributed by atoms with Gasteiger partial charge in [-0.3, -0.25) is 20.2 Å². The minimum Gasteiger partial charge on any atom is -0.494 e. The second kappa shape index (κ2) is 21.8. The maximum atomic E-state index is 13.0. The normalized spacial score (nSPS) is 10.9. The third-order valence-corrected chi connectivity index (χ3v) is 10.7. The number of hydrogen-bond donors (Lipinski definition) is 2. The van der Waals surface area contributed by atoms with E-state index in [9.17, 15) is 40.0 Å². The molecule has 0 aliphatic rings. The number of carboxylic acids is 2. The van der Waals surface area contributed by atoms with Crippen LogP contribution in [0.3, 0.4) is 0 Å². The third-order valence-electron chi connectivity index (χ3n) is 10.7. The van der Waals surface area contributed by atoms with E-state index in [1.165, 1.54) is 12.1 Å². The van der Waals surface area contributed by atoms with Gasteiger partial charge in [0.1, 0.15) is 11.5 Å². The summed E-state index contributed by atoms with van der Waals surface area (Å²) in [5, 5.41) is 45.0. The standard InChI is InChI=1S/C50H48N2O10/c53-49(54)46-34-40(51(57)58)25-30-43(46)45-33-39(19-7-1-3-13-31-61-41-26-21-37(22-27-41)35-15-8-5-9-16-35)48(52(59)60)44(47(45)50(55)56)20-12-2-4-14-32-62-42-28-23-38(24-29-42)36-17-10-6-11-18-36/h5-6,8-11,15-18,21-30,33-34H,1-4,7,12-14,19-20,31-32H2,(H,53,54)(H,55,56). The highest BCUT2D eigenvalue weighted by Crippen LogP contribution is 2.40. The average Bonchev–Trinajstić information content (AvgIpc) is 3.28. The lowest BCUT2D eigenvalue weighted by atomic mass is 9.85. The first-order chi connectivity index (χ1) is 30.1. The van der Waals surface area contributed by atoms with Crippen molar-refractivity contribution < 1.29 is 39.1 Å². The van der Waals surface area contributed by atoms with Gasteiger partial charge in [-0.2, -0.15) is 0 Å². The molecule has 0 fully saturated rings. The lowest BCUT2D eigenvalue weighted by Gasteiger charge is -2.17. The molecular formula is C50H48N2O10. The van der Waals surface area contributed by atoms with Crippen molar-refractivity contribution in [2.75, 3.05) is 13.2 Å². The number of non-ortho nitro benzene ring substituents is 1. The topological polar surface area (TPSA) is 179 Å². The molecule has 6 aromatic rings. The van der Waals surface area contributed by atoms with Gasteiger partial charge >= 0.3 is 11.9 Å². The summed E-state index contributed by atoms with van der Waals surface area (Å²) in [6.45, 7) is 0.940. The Bertz CT molecular complexity index is 2470. The van der Waals surface area contributed by atoms with Crippen molar-refractivity contribution in [3.8, 4) is 44.9 Å². The molecule has 0 spiro atoms. The molecule has 2 N–H and O–H groups in total. The Kier molecular flexibility index (Phi) is 15.5. The molecule has 62 heavy (non-hydrogen) atoms. The monoisotopic (exact) mass is 836 g/mol. The molecule has 0 aliphatic carbocycles. The Labute approximate surface area is 359 Å². The number of nitrogens with zero attached hydrogens (tertiary/aromatic N) is 2. The number of aromatic carboxylic acids is 2. The summed E-state index contributed by atoms with van der Waals surface area (Å²) in [6.07, 6.45) is 5.53. The van der Waals surface area contributed by atoms with Crippen LogP contribution in [-0.2, 0) is 12.8 Å². The van der Waals surface area contributed by atoms with Crippen LogP contribution >= 0.6 is 0 Å². The van der Waals surface area contributed by atoms with Crippen LogP contribution in [0, 0.1) is 20.2 Å². The van der Waals surface area contributed by atoms with Gasteiger partial charge in [0, 0.05) is 23.3 Å². The highest BCUT2D eigenvalue weighted by Gasteiger charge is 2.31. The third kappa shape index (κ3) is 11.7. The first-order valence-electron chi connectivity index (χ1n) is 20.8. The van der Waals surface area contributed by atoms with Gasteiger partial charge in [-0.05, 0) is 108 Å². The summed E-state index contributed by atoms with van der Waals surface area (Å²) in [4.78, 5) is 48.5. The van der Waals surface area contributed by atoms with E-state index in [1.54, 1.807) is 0 Å². The quantitative estimate of drug-likeness (QED) is 0.0358. The van der Waals surface area contributed by atoms with Crippen LogP contribution in [0.5, 0.6) is 11.5 Å². The van der Waals surface area contributed by atoms with E-state index in [2.05, 4.69) is 0 Å². The van der Waals surface area contributed by atoms with Crippen LogP contribution in [0.2, 0.25) is 0 Å². The van der Waals surface area contributed by atoms with Crippen molar-refractivity contribution in [2.24, 2.45) is 0 Å². The van der Waals surface area contributed by atoms with Gasteiger partial charge in [0.15, 0.2) is 0 Å². The Morgan fingerprint density at radius 2 is 0.984 bits per heavy atom. The SMILES string of the molecule is O=C(O)c1cc([N+](=O)[O-])ccc1-c1cc(CCCCCCOc2ccc(-c3ccccc3)cc2)c([N+](=O)[O-])c(CCCCCCOc2ccc(-c3ccccc3)cc2)c1C(=O)O. The Hall–Kier alpha value is -7.34. The molecule has 0 amide bonds. The maximum absolute atomic E-state index is 13.0. The van der Waals surface area contributed by atoms with Gasteiger partial charge in [0.25, 0.3) is 11.4 Å². The molecular weight excluding hydrogens is 789 g/mol. The first-order valence-corrected chi connectivity index (χ1v) is 20.8. The van der Waals surface area contributed by atoms with E-state index in [-0.39, 0.29) is 46.3 Å². The van der Waals surface area contributed by atoms with Crippen LogP contribution in [0.25, 0.3) is 33.4 Å². The summed E-state index contributed by atoms with van der Waals surface area (Å²) in [5.41, 5.74) is 2.95. The van der Waals surface area contributed by atoms with Crippen molar-refractivity contribution in [2.45, 2.75) is 64.2 Å². The minimum absolute atomic E-state index is 0.00568. The van der Waals surface area contributed by atoms with Crippen LogP contribution in [0.4, 0.5) is 11.4 Å². The fraction of sp³-hybridized carbons (Fsp3) is 0.240. The number of benzene rings is 6. The van der Waals surface area contributed by atoms with Crippen molar-refractivity contribution >= 4 is 23.3 Å². The fourth-order valence-corrected chi connectivity index (χ4v) is 7.62. The number of nitro groups is 2. The first kappa shape index (κ1) is 44.2. The number of aryl methyl sites for hydroxylation is 1. The van der Waals surface area contributed by atoms with E-state index in [1.807, 2.05) is 109 Å². The summed E-state index contributed by atoms with van der Waals surface area (Å²) < 4.78 is 11.9. The number of ether oxygens (including phenoxy) is 2.